The highest BCUT2D eigenvalue weighted by atomic mass is 32.2. The molecule has 0 saturated carbocycles. The number of pyridine rings is 1. The fourth-order valence-electron chi connectivity index (χ4n) is 2.40. The molecule has 2 unspecified atom stereocenters. The van der Waals surface area contributed by atoms with E-state index in [9.17, 15) is 10.1 Å². The molecule has 0 aromatic carbocycles. The number of aromatic nitrogens is 1. The molecule has 23 heavy (non-hydrogen) atoms. The summed E-state index contributed by atoms with van der Waals surface area (Å²) in [6.45, 7) is 2.16. The molecule has 1 fully saturated rings. The van der Waals surface area contributed by atoms with Gasteiger partial charge in [0.05, 0.1) is 11.3 Å². The number of thioether (sulfide) groups is 1. The van der Waals surface area contributed by atoms with Crippen molar-refractivity contribution in [2.75, 3.05) is 0 Å². The SMILES string of the molecule is CCCCCCC(C#N)N=C1NC(=O)C(Cc2cccnc2)S1. The first-order valence-electron chi connectivity index (χ1n) is 8.06. The average molecular weight is 330 g/mol. The molecular formula is C17H22N4OS. The Hall–Kier alpha value is -1.87. The Morgan fingerprint density at radius 3 is 3.04 bits per heavy atom. The first-order chi connectivity index (χ1) is 11.2. The summed E-state index contributed by atoms with van der Waals surface area (Å²) < 4.78 is 0. The van der Waals surface area contributed by atoms with Crippen LogP contribution < -0.4 is 5.32 Å². The third-order valence-electron chi connectivity index (χ3n) is 3.67. The lowest BCUT2D eigenvalue weighted by Crippen LogP contribution is -2.26. The molecule has 1 saturated heterocycles. The Balaban J connectivity index is 1.88. The molecular weight excluding hydrogens is 308 g/mol. The number of carbonyl (C=O) groups excluding carboxylic acids is 1. The molecule has 6 heteroatoms. The summed E-state index contributed by atoms with van der Waals surface area (Å²) in [5.74, 6) is -0.0414. The van der Waals surface area contributed by atoms with Crippen molar-refractivity contribution >= 4 is 22.8 Å². The van der Waals surface area contributed by atoms with Crippen LogP contribution in [0.2, 0.25) is 0 Å². The predicted octanol–water partition coefficient (Wildman–Crippen LogP) is 3.07. The molecule has 0 aliphatic carbocycles. The summed E-state index contributed by atoms with van der Waals surface area (Å²) >= 11 is 1.41. The Morgan fingerprint density at radius 2 is 2.35 bits per heavy atom. The number of hydrogen-bond donors (Lipinski definition) is 1. The van der Waals surface area contributed by atoms with Gasteiger partial charge in [-0.1, -0.05) is 50.4 Å². The monoisotopic (exact) mass is 330 g/mol. The van der Waals surface area contributed by atoms with E-state index in [1.165, 1.54) is 24.6 Å². The maximum absolute atomic E-state index is 12.0. The third kappa shape index (κ3) is 5.68. The average Bonchev–Trinajstić information content (AvgIpc) is 2.91. The van der Waals surface area contributed by atoms with Crippen molar-refractivity contribution < 1.29 is 4.79 Å². The van der Waals surface area contributed by atoms with Crippen LogP contribution in [0.3, 0.4) is 0 Å². The van der Waals surface area contributed by atoms with Gasteiger partial charge in [0.2, 0.25) is 5.91 Å². The van der Waals surface area contributed by atoms with E-state index in [2.05, 4.69) is 28.3 Å². The fraction of sp³-hybridized carbons (Fsp3) is 0.529. The highest BCUT2D eigenvalue weighted by molar-refractivity contribution is 8.15. The summed E-state index contributed by atoms with van der Waals surface area (Å²) in [6, 6.07) is 5.68. The van der Waals surface area contributed by atoms with Crippen molar-refractivity contribution in [2.24, 2.45) is 4.99 Å². The zero-order valence-electron chi connectivity index (χ0n) is 13.4. The summed E-state index contributed by atoms with van der Waals surface area (Å²) in [4.78, 5) is 20.5. The zero-order chi connectivity index (χ0) is 16.5. The number of carbonyl (C=O) groups is 1. The van der Waals surface area contributed by atoms with E-state index in [1.807, 2.05) is 12.1 Å². The highest BCUT2D eigenvalue weighted by Gasteiger charge is 2.30. The Morgan fingerprint density at radius 1 is 1.48 bits per heavy atom. The van der Waals surface area contributed by atoms with Crippen LogP contribution in [0.5, 0.6) is 0 Å². The van der Waals surface area contributed by atoms with Crippen molar-refractivity contribution in [3.8, 4) is 6.07 Å². The molecule has 1 N–H and O–H groups in total. The lowest BCUT2D eigenvalue weighted by atomic mass is 10.1. The van der Waals surface area contributed by atoms with Gasteiger partial charge in [0.15, 0.2) is 5.17 Å². The number of nitrogens with zero attached hydrogens (tertiary/aromatic N) is 3. The van der Waals surface area contributed by atoms with Crippen molar-refractivity contribution in [3.63, 3.8) is 0 Å². The van der Waals surface area contributed by atoms with Crippen LogP contribution in [0.4, 0.5) is 0 Å². The zero-order valence-corrected chi connectivity index (χ0v) is 14.2. The van der Waals surface area contributed by atoms with Crippen molar-refractivity contribution in [3.05, 3.63) is 30.1 Å². The van der Waals surface area contributed by atoms with Gasteiger partial charge in [-0.3, -0.25) is 9.78 Å². The van der Waals surface area contributed by atoms with E-state index in [-0.39, 0.29) is 17.2 Å². The van der Waals surface area contributed by atoms with Crippen molar-refractivity contribution in [1.82, 2.24) is 10.3 Å². The summed E-state index contributed by atoms with van der Waals surface area (Å²) in [5.41, 5.74) is 1.03. The predicted molar refractivity (Wildman–Crippen MR) is 93.1 cm³/mol. The minimum atomic E-state index is -0.369. The van der Waals surface area contributed by atoms with Gasteiger partial charge in [0.25, 0.3) is 0 Å². The molecule has 0 radical (unpaired) electrons. The van der Waals surface area contributed by atoms with E-state index in [0.717, 1.165) is 24.8 Å². The smallest absolute Gasteiger partial charge is 0.239 e. The number of unbranched alkanes of at least 4 members (excludes halogenated alkanes) is 3. The number of amidine groups is 1. The Bertz CT molecular complexity index is 582. The lowest BCUT2D eigenvalue weighted by molar-refractivity contribution is -0.118. The standard InChI is InChI=1S/C17H22N4OS/c1-2-3-4-5-8-14(11-18)20-17-21-16(22)15(23-17)10-13-7-6-9-19-12-13/h6-7,9,12,14-15H,2-5,8,10H2,1H3,(H,20,21,22). The van der Waals surface area contributed by atoms with Crippen LogP contribution in [0.15, 0.2) is 29.5 Å². The highest BCUT2D eigenvalue weighted by Crippen LogP contribution is 2.24. The number of amides is 1. The second-order valence-corrected chi connectivity index (χ2v) is 6.78. The molecule has 0 bridgehead atoms. The molecule has 2 rings (SSSR count). The summed E-state index contributed by atoms with van der Waals surface area (Å²) in [7, 11) is 0. The third-order valence-corrected chi connectivity index (χ3v) is 4.77. The van der Waals surface area contributed by atoms with Crippen molar-refractivity contribution in [1.29, 1.82) is 5.26 Å². The minimum absolute atomic E-state index is 0.0414. The van der Waals surface area contributed by atoms with Crippen LogP contribution in [0, 0.1) is 11.3 Å². The van der Waals surface area contributed by atoms with E-state index in [1.54, 1.807) is 12.4 Å². The van der Waals surface area contributed by atoms with Gasteiger partial charge in [0.1, 0.15) is 6.04 Å². The molecule has 5 nitrogen and oxygen atoms in total. The van der Waals surface area contributed by atoms with E-state index >= 15 is 0 Å². The van der Waals surface area contributed by atoms with Gasteiger partial charge in [-0.15, -0.1) is 0 Å². The maximum atomic E-state index is 12.0. The topological polar surface area (TPSA) is 78.1 Å². The molecule has 1 aliphatic rings. The van der Waals surface area contributed by atoms with Gasteiger partial charge in [-0.25, -0.2) is 4.99 Å². The molecule has 1 amide bonds. The number of rotatable bonds is 8. The number of nitrogens with one attached hydrogen (secondary N) is 1. The number of hydrogen-bond acceptors (Lipinski definition) is 5. The summed E-state index contributed by atoms with van der Waals surface area (Å²) in [6.07, 6.45) is 9.36. The molecule has 2 heterocycles. The van der Waals surface area contributed by atoms with Crippen molar-refractivity contribution in [2.45, 2.75) is 56.7 Å². The minimum Gasteiger partial charge on any atom is -0.304 e. The van der Waals surface area contributed by atoms with Gasteiger partial charge < -0.3 is 5.32 Å². The fourth-order valence-corrected chi connectivity index (χ4v) is 3.46. The molecule has 1 aliphatic heterocycles. The van der Waals surface area contributed by atoms with Gasteiger partial charge >= 0.3 is 0 Å². The normalized spacial score (nSPS) is 20.3. The second-order valence-electron chi connectivity index (χ2n) is 5.59. The molecule has 0 spiro atoms. The molecule has 2 atom stereocenters. The molecule has 1 aromatic heterocycles. The largest absolute Gasteiger partial charge is 0.304 e. The molecule has 1 aromatic rings. The van der Waals surface area contributed by atoms with E-state index < -0.39 is 0 Å². The lowest BCUT2D eigenvalue weighted by Gasteiger charge is -2.05. The Labute approximate surface area is 141 Å². The van der Waals surface area contributed by atoms with Gasteiger partial charge in [-0.05, 0) is 24.5 Å². The second kappa shape index (κ2) is 9.31. The number of nitriles is 1. The maximum Gasteiger partial charge on any atom is 0.239 e. The quantitative estimate of drug-likeness (QED) is 0.743. The first-order valence-corrected chi connectivity index (χ1v) is 8.94. The van der Waals surface area contributed by atoms with E-state index in [4.69, 9.17) is 0 Å². The van der Waals surface area contributed by atoms with Gasteiger partial charge in [0, 0.05) is 12.4 Å². The van der Waals surface area contributed by atoms with Crippen LogP contribution in [-0.2, 0) is 11.2 Å². The van der Waals surface area contributed by atoms with Gasteiger partial charge in [-0.2, -0.15) is 5.26 Å². The molecule has 122 valence electrons. The van der Waals surface area contributed by atoms with Crippen LogP contribution in [0.1, 0.15) is 44.6 Å². The van der Waals surface area contributed by atoms with Crippen LogP contribution in [0.25, 0.3) is 0 Å². The van der Waals surface area contributed by atoms with Crippen LogP contribution >= 0.6 is 11.8 Å². The summed E-state index contributed by atoms with van der Waals surface area (Å²) in [5, 5.41) is 12.4. The van der Waals surface area contributed by atoms with E-state index in [0.29, 0.717) is 11.6 Å². The Kier molecular flexibility index (Phi) is 7.08. The first kappa shape index (κ1) is 17.5. The number of aliphatic imine (C=N–C) groups is 1. The van der Waals surface area contributed by atoms with Crippen LogP contribution in [-0.4, -0.2) is 27.4 Å².